The largest absolute Gasteiger partial charge is 0.188 e. The highest BCUT2D eigenvalue weighted by atomic mass is 15.1. The number of benzene rings is 1. The molecule has 0 aliphatic carbocycles. The summed E-state index contributed by atoms with van der Waals surface area (Å²) in [5, 5.41) is 8.03. The second kappa shape index (κ2) is 2.46. The molecule has 11 heavy (non-hydrogen) atoms. The van der Waals surface area contributed by atoms with E-state index in [0.717, 1.165) is 18.7 Å². The van der Waals surface area contributed by atoms with Gasteiger partial charge in [-0.2, -0.15) is 10.2 Å². The van der Waals surface area contributed by atoms with Crippen molar-refractivity contribution in [2.75, 3.05) is 6.54 Å². The van der Waals surface area contributed by atoms with Crippen LogP contribution >= 0.6 is 0 Å². The maximum absolute atomic E-state index is 4.06. The van der Waals surface area contributed by atoms with Gasteiger partial charge in [0.25, 0.3) is 0 Å². The molecule has 0 bridgehead atoms. The van der Waals surface area contributed by atoms with Crippen LogP contribution in [-0.4, -0.2) is 6.54 Å². The molecular weight excluding hydrogens is 136 g/mol. The lowest BCUT2D eigenvalue weighted by Gasteiger charge is -2.07. The van der Waals surface area contributed by atoms with Gasteiger partial charge in [0, 0.05) is 0 Å². The number of rotatable bonds is 0. The van der Waals surface area contributed by atoms with Gasteiger partial charge in [-0.1, -0.05) is 17.7 Å². The van der Waals surface area contributed by atoms with Crippen LogP contribution in [0.15, 0.2) is 28.4 Å². The van der Waals surface area contributed by atoms with Gasteiger partial charge in [-0.15, -0.1) is 0 Å². The first-order valence-corrected chi connectivity index (χ1v) is 3.83. The average molecular weight is 146 g/mol. The molecule has 1 aliphatic rings. The highest BCUT2D eigenvalue weighted by Gasteiger charge is 2.04. The van der Waals surface area contributed by atoms with Gasteiger partial charge in [-0.05, 0) is 25.0 Å². The molecule has 2 nitrogen and oxygen atoms in total. The zero-order valence-corrected chi connectivity index (χ0v) is 6.54. The van der Waals surface area contributed by atoms with Crippen molar-refractivity contribution in [1.29, 1.82) is 0 Å². The quantitative estimate of drug-likeness (QED) is 0.537. The van der Waals surface area contributed by atoms with Crippen LogP contribution in [0.1, 0.15) is 11.1 Å². The molecule has 0 atom stereocenters. The van der Waals surface area contributed by atoms with Gasteiger partial charge in [-0.3, -0.25) is 0 Å². The third kappa shape index (κ3) is 1.16. The smallest absolute Gasteiger partial charge is 0.0885 e. The van der Waals surface area contributed by atoms with Crippen LogP contribution < -0.4 is 0 Å². The molecule has 0 spiro atoms. The zero-order chi connectivity index (χ0) is 7.68. The van der Waals surface area contributed by atoms with E-state index in [1.54, 1.807) is 0 Å². The number of hydrogen-bond donors (Lipinski definition) is 0. The summed E-state index contributed by atoms with van der Waals surface area (Å²) in [5.41, 5.74) is 3.68. The third-order valence-corrected chi connectivity index (χ3v) is 1.89. The molecular formula is C9H10N2. The Kier molecular flexibility index (Phi) is 1.46. The molecule has 0 fully saturated rings. The van der Waals surface area contributed by atoms with E-state index < -0.39 is 0 Å². The van der Waals surface area contributed by atoms with Crippen LogP contribution in [0.25, 0.3) is 0 Å². The fourth-order valence-corrected chi connectivity index (χ4v) is 1.31. The summed E-state index contributed by atoms with van der Waals surface area (Å²) < 4.78 is 0. The van der Waals surface area contributed by atoms with Crippen molar-refractivity contribution in [2.24, 2.45) is 10.2 Å². The minimum Gasteiger partial charge on any atom is -0.188 e. The number of hydrogen-bond acceptors (Lipinski definition) is 2. The Labute approximate surface area is 66.0 Å². The Hall–Kier alpha value is -1.18. The van der Waals surface area contributed by atoms with E-state index in [9.17, 15) is 0 Å². The van der Waals surface area contributed by atoms with Gasteiger partial charge in [0.1, 0.15) is 0 Å². The molecule has 1 aromatic carbocycles. The molecule has 0 unspecified atom stereocenters. The lowest BCUT2D eigenvalue weighted by atomic mass is 10.1. The third-order valence-electron chi connectivity index (χ3n) is 1.89. The molecule has 0 amide bonds. The highest BCUT2D eigenvalue weighted by molar-refractivity contribution is 5.48. The van der Waals surface area contributed by atoms with Gasteiger partial charge >= 0.3 is 0 Å². The minimum atomic E-state index is 0.844. The molecule has 56 valence electrons. The van der Waals surface area contributed by atoms with Crippen molar-refractivity contribution in [1.82, 2.24) is 0 Å². The number of azo groups is 1. The summed E-state index contributed by atoms with van der Waals surface area (Å²) in [6, 6.07) is 6.30. The summed E-state index contributed by atoms with van der Waals surface area (Å²) >= 11 is 0. The first-order chi connectivity index (χ1) is 5.36. The van der Waals surface area contributed by atoms with E-state index in [1.165, 1.54) is 11.1 Å². The second-order valence-corrected chi connectivity index (χ2v) is 2.85. The van der Waals surface area contributed by atoms with Crippen LogP contribution in [0.5, 0.6) is 0 Å². The fraction of sp³-hybridized carbons (Fsp3) is 0.333. The summed E-state index contributed by atoms with van der Waals surface area (Å²) in [5.74, 6) is 0. The van der Waals surface area contributed by atoms with E-state index >= 15 is 0 Å². The highest BCUT2D eigenvalue weighted by Crippen LogP contribution is 2.24. The Morgan fingerprint density at radius 1 is 1.36 bits per heavy atom. The van der Waals surface area contributed by atoms with Crippen molar-refractivity contribution in [3.8, 4) is 0 Å². The maximum Gasteiger partial charge on any atom is 0.0885 e. The topological polar surface area (TPSA) is 24.7 Å². The van der Waals surface area contributed by atoms with Crippen molar-refractivity contribution in [3.63, 3.8) is 0 Å². The second-order valence-electron chi connectivity index (χ2n) is 2.85. The van der Waals surface area contributed by atoms with Crippen LogP contribution in [-0.2, 0) is 6.42 Å². The minimum absolute atomic E-state index is 0.844. The van der Waals surface area contributed by atoms with Gasteiger partial charge in [0.2, 0.25) is 0 Å². The summed E-state index contributed by atoms with van der Waals surface area (Å²) in [4.78, 5) is 0. The molecule has 0 saturated carbocycles. The van der Waals surface area contributed by atoms with Crippen LogP contribution in [0.2, 0.25) is 0 Å². The van der Waals surface area contributed by atoms with Gasteiger partial charge in [0.05, 0.1) is 12.2 Å². The zero-order valence-electron chi connectivity index (χ0n) is 6.54. The normalized spacial score (nSPS) is 14.6. The molecule has 1 heterocycles. The summed E-state index contributed by atoms with van der Waals surface area (Å²) in [7, 11) is 0. The predicted molar refractivity (Wildman–Crippen MR) is 44.3 cm³/mol. The van der Waals surface area contributed by atoms with Crippen LogP contribution in [0.3, 0.4) is 0 Å². The van der Waals surface area contributed by atoms with Crippen LogP contribution in [0, 0.1) is 6.92 Å². The standard InChI is InChI=1S/C9H10N2/c1-7-2-3-9-8(6-7)4-5-10-11-9/h2-3,6H,4-5H2,1H3. The van der Waals surface area contributed by atoms with Gasteiger partial charge in [0.15, 0.2) is 0 Å². The van der Waals surface area contributed by atoms with E-state index in [-0.39, 0.29) is 0 Å². The van der Waals surface area contributed by atoms with Crippen molar-refractivity contribution >= 4 is 5.69 Å². The van der Waals surface area contributed by atoms with Crippen molar-refractivity contribution in [3.05, 3.63) is 29.3 Å². The Balaban J connectivity index is 2.53. The lowest BCUT2D eigenvalue weighted by Crippen LogP contribution is -1.94. The summed E-state index contributed by atoms with van der Waals surface area (Å²) in [6.07, 6.45) is 1.04. The molecule has 1 aliphatic heterocycles. The maximum atomic E-state index is 4.06. The predicted octanol–water partition coefficient (Wildman–Crippen LogP) is 2.63. The molecule has 1 aromatic rings. The van der Waals surface area contributed by atoms with E-state index in [4.69, 9.17) is 0 Å². The first-order valence-electron chi connectivity index (χ1n) is 3.83. The van der Waals surface area contributed by atoms with Gasteiger partial charge < -0.3 is 0 Å². The Morgan fingerprint density at radius 2 is 2.27 bits per heavy atom. The van der Waals surface area contributed by atoms with Crippen molar-refractivity contribution in [2.45, 2.75) is 13.3 Å². The Bertz CT molecular complexity index is 302. The lowest BCUT2D eigenvalue weighted by molar-refractivity contribution is 0.861. The molecule has 0 saturated heterocycles. The number of nitrogens with zero attached hydrogens (tertiary/aromatic N) is 2. The van der Waals surface area contributed by atoms with E-state index in [1.807, 2.05) is 6.07 Å². The van der Waals surface area contributed by atoms with Crippen molar-refractivity contribution < 1.29 is 0 Å². The molecule has 0 radical (unpaired) electrons. The Morgan fingerprint density at radius 3 is 3.18 bits per heavy atom. The van der Waals surface area contributed by atoms with E-state index in [0.29, 0.717) is 0 Å². The number of fused-ring (bicyclic) bond motifs is 1. The molecule has 0 aromatic heterocycles. The number of aryl methyl sites for hydroxylation is 1. The SMILES string of the molecule is Cc1ccc2c(c1)CCN=N2. The monoisotopic (exact) mass is 146 g/mol. The van der Waals surface area contributed by atoms with E-state index in [2.05, 4.69) is 29.3 Å². The summed E-state index contributed by atoms with van der Waals surface area (Å²) in [6.45, 7) is 2.95. The van der Waals surface area contributed by atoms with Gasteiger partial charge in [-0.25, -0.2) is 0 Å². The first kappa shape index (κ1) is 6.53. The molecule has 2 rings (SSSR count). The van der Waals surface area contributed by atoms with Crippen LogP contribution in [0.4, 0.5) is 5.69 Å². The molecule has 2 heteroatoms. The average Bonchev–Trinajstić information content (AvgIpc) is 2.04. The fourth-order valence-electron chi connectivity index (χ4n) is 1.31. The molecule has 0 N–H and O–H groups in total.